The van der Waals surface area contributed by atoms with E-state index in [0.717, 1.165) is 31.5 Å². The molecule has 0 spiro atoms. The summed E-state index contributed by atoms with van der Waals surface area (Å²) in [4.78, 5) is 11.4. The van der Waals surface area contributed by atoms with Crippen molar-refractivity contribution >= 4 is 6.09 Å². The lowest BCUT2D eigenvalue weighted by Crippen LogP contribution is -2.34. The summed E-state index contributed by atoms with van der Waals surface area (Å²) in [6.45, 7) is 8.63. The molecule has 2 rings (SSSR count). The third-order valence-electron chi connectivity index (χ3n) is 3.15. The number of nitrogens with one attached hydrogen (secondary N) is 2. The lowest BCUT2D eigenvalue weighted by Gasteiger charge is -2.19. The maximum absolute atomic E-state index is 11.4. The molecule has 2 atom stereocenters. The number of rotatable bonds is 2. The largest absolute Gasteiger partial charge is 0.444 e. The first kappa shape index (κ1) is 10.7. The topological polar surface area (TPSA) is 50.4 Å². The van der Waals surface area contributed by atoms with Crippen LogP contribution < -0.4 is 10.6 Å². The van der Waals surface area contributed by atoms with Crippen LogP contribution in [0.4, 0.5) is 4.79 Å². The van der Waals surface area contributed by atoms with E-state index in [1.54, 1.807) is 0 Å². The van der Waals surface area contributed by atoms with Gasteiger partial charge in [0, 0.05) is 6.54 Å². The Morgan fingerprint density at radius 2 is 2.00 bits per heavy atom. The summed E-state index contributed by atoms with van der Waals surface area (Å²) >= 11 is 0. The van der Waals surface area contributed by atoms with E-state index >= 15 is 0 Å². The summed E-state index contributed by atoms with van der Waals surface area (Å²) in [5.41, 5.74) is -0.398. The van der Waals surface area contributed by atoms with Gasteiger partial charge < -0.3 is 15.4 Å². The molecule has 1 saturated carbocycles. The average molecular weight is 212 g/mol. The number of hydrogen-bond donors (Lipinski definition) is 2. The van der Waals surface area contributed by atoms with Crippen molar-refractivity contribution in [3.05, 3.63) is 0 Å². The van der Waals surface area contributed by atoms with Gasteiger partial charge >= 0.3 is 6.09 Å². The Kier molecular flexibility index (Phi) is 2.63. The molecule has 1 saturated heterocycles. The normalized spacial score (nSPS) is 33.4. The minimum atomic E-state index is -0.398. The van der Waals surface area contributed by atoms with E-state index in [0.29, 0.717) is 5.92 Å². The summed E-state index contributed by atoms with van der Waals surface area (Å²) in [5, 5.41) is 6.17. The van der Waals surface area contributed by atoms with E-state index in [9.17, 15) is 4.79 Å². The highest BCUT2D eigenvalue weighted by Gasteiger charge is 2.52. The van der Waals surface area contributed by atoms with E-state index in [4.69, 9.17) is 4.74 Å². The van der Waals surface area contributed by atoms with Gasteiger partial charge in [0.2, 0.25) is 0 Å². The van der Waals surface area contributed by atoms with Crippen molar-refractivity contribution in [3.8, 4) is 0 Å². The molecular weight excluding hydrogens is 192 g/mol. The van der Waals surface area contributed by atoms with Gasteiger partial charge in [0.25, 0.3) is 0 Å². The average Bonchev–Trinajstić information content (AvgIpc) is 2.55. The Morgan fingerprint density at radius 3 is 2.53 bits per heavy atom. The first-order chi connectivity index (χ1) is 6.97. The lowest BCUT2D eigenvalue weighted by atomic mass is 10.2. The van der Waals surface area contributed by atoms with Crippen molar-refractivity contribution in [2.24, 2.45) is 17.8 Å². The van der Waals surface area contributed by atoms with Crippen LogP contribution in [-0.2, 0) is 4.74 Å². The third kappa shape index (κ3) is 2.62. The van der Waals surface area contributed by atoms with Gasteiger partial charge in [-0.25, -0.2) is 4.79 Å². The molecule has 0 bridgehead atoms. The van der Waals surface area contributed by atoms with Gasteiger partial charge in [-0.2, -0.15) is 0 Å². The number of ether oxygens (including phenoxy) is 1. The number of alkyl carbamates (subject to hydrolysis) is 1. The molecular formula is C11H20N2O2. The predicted octanol–water partition coefficient (Wildman–Crippen LogP) is 0.976. The molecule has 0 aromatic rings. The van der Waals surface area contributed by atoms with Crippen molar-refractivity contribution in [2.75, 3.05) is 19.6 Å². The SMILES string of the molecule is CC(C)(C)OC(=O)NCC1[C@@H]2CNC[C@@H]12. The fourth-order valence-electron chi connectivity index (χ4n) is 2.36. The third-order valence-corrected chi connectivity index (χ3v) is 3.15. The summed E-state index contributed by atoms with van der Waals surface area (Å²) in [5.74, 6) is 2.26. The second-order valence-corrected chi connectivity index (χ2v) is 5.53. The minimum Gasteiger partial charge on any atom is -0.444 e. The number of fused-ring (bicyclic) bond motifs is 1. The molecule has 1 amide bonds. The van der Waals surface area contributed by atoms with Gasteiger partial charge in [-0.05, 0) is 51.6 Å². The molecule has 1 aliphatic carbocycles. The molecule has 1 aliphatic heterocycles. The van der Waals surface area contributed by atoms with Crippen molar-refractivity contribution in [3.63, 3.8) is 0 Å². The molecule has 4 nitrogen and oxygen atoms in total. The first-order valence-corrected chi connectivity index (χ1v) is 5.65. The molecule has 0 unspecified atom stereocenters. The fraction of sp³-hybridized carbons (Fsp3) is 0.909. The van der Waals surface area contributed by atoms with Crippen LogP contribution in [0.1, 0.15) is 20.8 Å². The number of carbonyl (C=O) groups is 1. The smallest absolute Gasteiger partial charge is 0.407 e. The quantitative estimate of drug-likeness (QED) is 0.717. The van der Waals surface area contributed by atoms with E-state index in [1.165, 1.54) is 0 Å². The fourth-order valence-corrected chi connectivity index (χ4v) is 2.36. The van der Waals surface area contributed by atoms with Crippen LogP contribution in [-0.4, -0.2) is 31.3 Å². The molecule has 2 N–H and O–H groups in total. The summed E-state index contributed by atoms with van der Waals surface area (Å²) in [6, 6.07) is 0. The highest BCUT2D eigenvalue weighted by Crippen LogP contribution is 2.47. The summed E-state index contributed by atoms with van der Waals surface area (Å²) < 4.78 is 5.17. The molecule has 0 aromatic heterocycles. The Balaban J connectivity index is 1.64. The van der Waals surface area contributed by atoms with Gasteiger partial charge in [-0.1, -0.05) is 0 Å². The maximum Gasteiger partial charge on any atom is 0.407 e. The predicted molar refractivity (Wildman–Crippen MR) is 57.6 cm³/mol. The van der Waals surface area contributed by atoms with Crippen LogP contribution in [0.15, 0.2) is 0 Å². The zero-order chi connectivity index (χ0) is 11.1. The highest BCUT2D eigenvalue weighted by molar-refractivity contribution is 5.67. The van der Waals surface area contributed by atoms with Crippen LogP contribution in [0, 0.1) is 17.8 Å². The van der Waals surface area contributed by atoms with Gasteiger partial charge in [0.15, 0.2) is 0 Å². The monoisotopic (exact) mass is 212 g/mol. The standard InChI is InChI=1S/C11H20N2O2/c1-11(2,3)15-10(14)13-6-9-7-4-12-5-8(7)9/h7-9,12H,4-6H2,1-3H3,(H,13,14)/t7-,8-/m1/s1. The zero-order valence-electron chi connectivity index (χ0n) is 9.67. The number of carbonyl (C=O) groups excluding carboxylic acids is 1. The van der Waals surface area contributed by atoms with Crippen LogP contribution in [0.3, 0.4) is 0 Å². The molecule has 0 aromatic carbocycles. The molecule has 1 heterocycles. The Bertz CT molecular complexity index is 250. The molecule has 2 fully saturated rings. The van der Waals surface area contributed by atoms with Crippen molar-refractivity contribution in [1.29, 1.82) is 0 Å². The lowest BCUT2D eigenvalue weighted by molar-refractivity contribution is 0.0523. The number of amides is 1. The second kappa shape index (κ2) is 3.67. The number of hydrogen-bond acceptors (Lipinski definition) is 3. The number of piperidine rings is 1. The van der Waals surface area contributed by atoms with E-state index in [-0.39, 0.29) is 6.09 Å². The van der Waals surface area contributed by atoms with Crippen molar-refractivity contribution in [1.82, 2.24) is 10.6 Å². The van der Waals surface area contributed by atoms with E-state index in [1.807, 2.05) is 20.8 Å². The van der Waals surface area contributed by atoms with Crippen LogP contribution in [0.5, 0.6) is 0 Å². The Hall–Kier alpha value is -0.770. The molecule has 86 valence electrons. The maximum atomic E-state index is 11.4. The molecule has 0 radical (unpaired) electrons. The van der Waals surface area contributed by atoms with Crippen molar-refractivity contribution < 1.29 is 9.53 Å². The van der Waals surface area contributed by atoms with E-state index in [2.05, 4.69) is 10.6 Å². The van der Waals surface area contributed by atoms with Gasteiger partial charge in [0.1, 0.15) is 5.60 Å². The summed E-state index contributed by atoms with van der Waals surface area (Å²) in [7, 11) is 0. The highest BCUT2D eigenvalue weighted by atomic mass is 16.6. The Labute approximate surface area is 90.8 Å². The van der Waals surface area contributed by atoms with Crippen LogP contribution in [0.2, 0.25) is 0 Å². The first-order valence-electron chi connectivity index (χ1n) is 5.65. The van der Waals surface area contributed by atoms with E-state index < -0.39 is 5.60 Å². The second-order valence-electron chi connectivity index (χ2n) is 5.53. The Morgan fingerprint density at radius 1 is 1.40 bits per heavy atom. The molecule has 4 heteroatoms. The minimum absolute atomic E-state index is 0.291. The van der Waals surface area contributed by atoms with Gasteiger partial charge in [-0.15, -0.1) is 0 Å². The van der Waals surface area contributed by atoms with Crippen LogP contribution in [0.25, 0.3) is 0 Å². The molecule has 15 heavy (non-hydrogen) atoms. The zero-order valence-corrected chi connectivity index (χ0v) is 9.67. The summed E-state index contributed by atoms with van der Waals surface area (Å²) in [6.07, 6.45) is -0.291. The van der Waals surface area contributed by atoms with Gasteiger partial charge in [-0.3, -0.25) is 0 Å². The van der Waals surface area contributed by atoms with Crippen LogP contribution >= 0.6 is 0 Å². The van der Waals surface area contributed by atoms with Gasteiger partial charge in [0.05, 0.1) is 0 Å². The van der Waals surface area contributed by atoms with Crippen molar-refractivity contribution in [2.45, 2.75) is 26.4 Å². The molecule has 2 aliphatic rings.